The molecule has 156 valence electrons. The van der Waals surface area contributed by atoms with Gasteiger partial charge in [-0.1, -0.05) is 34.8 Å². The van der Waals surface area contributed by atoms with E-state index in [9.17, 15) is 13.2 Å². The number of hydrogen-bond donors (Lipinski definition) is 1. The molecule has 1 heterocycles. The quantitative estimate of drug-likeness (QED) is 0.648. The summed E-state index contributed by atoms with van der Waals surface area (Å²) < 4.78 is 32.8. The van der Waals surface area contributed by atoms with Crippen molar-refractivity contribution in [3.8, 4) is 0 Å². The zero-order valence-electron chi connectivity index (χ0n) is 15.7. The summed E-state index contributed by atoms with van der Waals surface area (Å²) in [6, 6.07) is 8.59. The number of sulfonamides is 1. The number of benzene rings is 2. The summed E-state index contributed by atoms with van der Waals surface area (Å²) in [5.41, 5.74) is 0.578. The summed E-state index contributed by atoms with van der Waals surface area (Å²) in [5.74, 6) is -0.456. The molecule has 2 aromatic carbocycles. The molecular formula is C19H19Cl3N2O4S. The fourth-order valence-electron chi connectivity index (χ4n) is 3.07. The number of morpholine rings is 1. The fourth-order valence-corrected chi connectivity index (χ4v) is 5.25. The second-order valence-corrected chi connectivity index (χ2v) is 9.96. The predicted octanol–water partition coefficient (Wildman–Crippen LogP) is 4.70. The lowest BCUT2D eigenvalue weighted by molar-refractivity contribution is -0.0440. The summed E-state index contributed by atoms with van der Waals surface area (Å²) in [6.07, 6.45) is -0.371. The van der Waals surface area contributed by atoms with Gasteiger partial charge in [0.15, 0.2) is 0 Å². The van der Waals surface area contributed by atoms with Crippen molar-refractivity contribution < 1.29 is 17.9 Å². The Kier molecular flexibility index (Phi) is 6.77. The Bertz CT molecular complexity index is 1020. The Morgan fingerprint density at radius 3 is 2.14 bits per heavy atom. The maximum absolute atomic E-state index is 12.9. The number of anilines is 1. The molecule has 1 fully saturated rings. The first-order chi connectivity index (χ1) is 13.6. The van der Waals surface area contributed by atoms with E-state index in [1.54, 1.807) is 0 Å². The number of carbonyl (C=O) groups is 1. The Labute approximate surface area is 184 Å². The van der Waals surface area contributed by atoms with Crippen molar-refractivity contribution in [2.24, 2.45) is 0 Å². The Hall–Kier alpha value is -1.35. The summed E-state index contributed by atoms with van der Waals surface area (Å²) in [4.78, 5) is 12.6. The summed E-state index contributed by atoms with van der Waals surface area (Å²) in [7, 11) is -3.68. The van der Waals surface area contributed by atoms with Gasteiger partial charge in [0.2, 0.25) is 10.0 Å². The van der Waals surface area contributed by atoms with Crippen LogP contribution in [0, 0.1) is 0 Å². The van der Waals surface area contributed by atoms with Gasteiger partial charge in [0, 0.05) is 18.7 Å². The third-order valence-corrected chi connectivity index (χ3v) is 7.28. The summed E-state index contributed by atoms with van der Waals surface area (Å²) in [6.45, 7) is 4.23. The number of amides is 1. The molecule has 29 heavy (non-hydrogen) atoms. The van der Waals surface area contributed by atoms with Gasteiger partial charge in [-0.2, -0.15) is 4.31 Å². The minimum atomic E-state index is -3.68. The van der Waals surface area contributed by atoms with Crippen LogP contribution in [0.25, 0.3) is 0 Å². The first kappa shape index (κ1) is 22.3. The Morgan fingerprint density at radius 1 is 1.00 bits per heavy atom. The molecule has 1 aliphatic rings. The van der Waals surface area contributed by atoms with E-state index in [2.05, 4.69) is 5.32 Å². The van der Waals surface area contributed by atoms with E-state index in [-0.39, 0.29) is 50.8 Å². The molecule has 0 radical (unpaired) electrons. The highest BCUT2D eigenvalue weighted by atomic mass is 35.5. The van der Waals surface area contributed by atoms with Crippen LogP contribution in [-0.2, 0) is 14.8 Å². The second-order valence-electron chi connectivity index (χ2n) is 6.80. The van der Waals surface area contributed by atoms with Crippen molar-refractivity contribution in [2.45, 2.75) is 31.0 Å². The van der Waals surface area contributed by atoms with Crippen LogP contribution >= 0.6 is 34.8 Å². The maximum atomic E-state index is 12.9. The lowest BCUT2D eigenvalue weighted by Gasteiger charge is -2.34. The third kappa shape index (κ3) is 5.05. The first-order valence-corrected chi connectivity index (χ1v) is 11.4. The molecule has 0 aliphatic carbocycles. The predicted molar refractivity (Wildman–Crippen MR) is 115 cm³/mol. The molecule has 2 aromatic rings. The summed E-state index contributed by atoms with van der Waals surface area (Å²) >= 11 is 17.9. The van der Waals surface area contributed by atoms with Gasteiger partial charge in [0.05, 0.1) is 37.9 Å². The van der Waals surface area contributed by atoms with Crippen LogP contribution in [0.4, 0.5) is 5.69 Å². The number of ether oxygens (including phenoxy) is 1. The van der Waals surface area contributed by atoms with E-state index in [4.69, 9.17) is 39.5 Å². The van der Waals surface area contributed by atoms with Gasteiger partial charge in [-0.25, -0.2) is 8.42 Å². The van der Waals surface area contributed by atoms with Gasteiger partial charge in [-0.3, -0.25) is 4.79 Å². The van der Waals surface area contributed by atoms with E-state index in [1.807, 2.05) is 13.8 Å². The zero-order chi connectivity index (χ0) is 21.3. The van der Waals surface area contributed by atoms with Crippen molar-refractivity contribution in [1.82, 2.24) is 4.31 Å². The molecule has 0 spiro atoms. The largest absolute Gasteiger partial charge is 0.373 e. The van der Waals surface area contributed by atoms with Crippen molar-refractivity contribution in [3.63, 3.8) is 0 Å². The normalized spacial score (nSPS) is 20.4. The molecule has 1 amide bonds. The SMILES string of the molecule is CC1CN(S(=O)(=O)c2ccc(C(=O)Nc3cc(Cl)c(Cl)cc3Cl)cc2)CC(C)O1. The van der Waals surface area contributed by atoms with Gasteiger partial charge < -0.3 is 10.1 Å². The number of nitrogens with one attached hydrogen (secondary N) is 1. The Balaban J connectivity index is 1.77. The number of hydrogen-bond acceptors (Lipinski definition) is 4. The highest BCUT2D eigenvalue weighted by Gasteiger charge is 2.32. The van der Waals surface area contributed by atoms with Crippen molar-refractivity contribution >= 4 is 56.4 Å². The van der Waals surface area contributed by atoms with Crippen LogP contribution in [0.5, 0.6) is 0 Å². The molecule has 0 aromatic heterocycles. The monoisotopic (exact) mass is 476 g/mol. The molecule has 0 bridgehead atoms. The Morgan fingerprint density at radius 2 is 1.55 bits per heavy atom. The van der Waals surface area contributed by atoms with Gasteiger partial charge in [-0.05, 0) is 50.2 Å². The zero-order valence-corrected chi connectivity index (χ0v) is 18.7. The van der Waals surface area contributed by atoms with Gasteiger partial charge in [0.25, 0.3) is 5.91 Å². The van der Waals surface area contributed by atoms with E-state index >= 15 is 0 Å². The molecule has 1 aliphatic heterocycles. The van der Waals surface area contributed by atoms with Crippen molar-refractivity contribution in [1.29, 1.82) is 0 Å². The number of carbonyl (C=O) groups excluding carboxylic acids is 1. The minimum absolute atomic E-state index is 0.114. The van der Waals surface area contributed by atoms with Gasteiger partial charge in [0.1, 0.15) is 0 Å². The highest BCUT2D eigenvalue weighted by Crippen LogP contribution is 2.32. The number of rotatable bonds is 4. The lowest BCUT2D eigenvalue weighted by Crippen LogP contribution is -2.48. The highest BCUT2D eigenvalue weighted by molar-refractivity contribution is 7.89. The topological polar surface area (TPSA) is 75.7 Å². The van der Waals surface area contributed by atoms with Crippen LogP contribution in [0.1, 0.15) is 24.2 Å². The van der Waals surface area contributed by atoms with E-state index < -0.39 is 15.9 Å². The molecular weight excluding hydrogens is 459 g/mol. The number of halogens is 3. The van der Waals surface area contributed by atoms with Crippen LogP contribution in [0.3, 0.4) is 0 Å². The molecule has 6 nitrogen and oxygen atoms in total. The maximum Gasteiger partial charge on any atom is 0.255 e. The average molecular weight is 478 g/mol. The van der Waals surface area contributed by atoms with Crippen molar-refractivity contribution in [3.05, 3.63) is 57.0 Å². The van der Waals surface area contributed by atoms with E-state index in [1.165, 1.54) is 40.7 Å². The fraction of sp³-hybridized carbons (Fsp3) is 0.316. The molecule has 0 saturated carbocycles. The van der Waals surface area contributed by atoms with Gasteiger partial charge >= 0.3 is 0 Å². The first-order valence-electron chi connectivity index (χ1n) is 8.79. The van der Waals surface area contributed by atoms with Crippen LogP contribution in [-0.4, -0.2) is 43.9 Å². The van der Waals surface area contributed by atoms with Gasteiger partial charge in [-0.15, -0.1) is 0 Å². The van der Waals surface area contributed by atoms with Crippen molar-refractivity contribution in [2.75, 3.05) is 18.4 Å². The molecule has 3 rings (SSSR count). The van der Waals surface area contributed by atoms with E-state index in [0.29, 0.717) is 5.69 Å². The molecule has 1 saturated heterocycles. The summed E-state index contributed by atoms with van der Waals surface area (Å²) in [5, 5.41) is 3.40. The van der Waals surface area contributed by atoms with E-state index in [0.717, 1.165) is 0 Å². The van der Waals surface area contributed by atoms with Crippen LogP contribution in [0.15, 0.2) is 41.3 Å². The molecule has 2 unspecified atom stereocenters. The standard InChI is InChI=1S/C19H19Cl3N2O4S/c1-11-9-24(10-12(2)28-11)29(26,27)14-5-3-13(4-6-14)19(25)23-18-8-16(21)15(20)7-17(18)22/h3-8,11-12H,9-10H2,1-2H3,(H,23,25). The lowest BCUT2D eigenvalue weighted by atomic mass is 10.2. The average Bonchev–Trinajstić information content (AvgIpc) is 2.65. The van der Waals surface area contributed by atoms with Crippen LogP contribution < -0.4 is 5.32 Å². The molecule has 10 heteroatoms. The molecule has 1 N–H and O–H groups in total. The third-order valence-electron chi connectivity index (χ3n) is 4.40. The smallest absolute Gasteiger partial charge is 0.255 e. The molecule has 2 atom stereocenters. The van der Waals surface area contributed by atoms with Crippen LogP contribution in [0.2, 0.25) is 15.1 Å². The number of nitrogens with zero attached hydrogens (tertiary/aromatic N) is 1. The second kappa shape index (κ2) is 8.79. The minimum Gasteiger partial charge on any atom is -0.373 e.